The SMILES string of the molecule is O=C(CCC(=O)c1cccs1)NCC1CSCCS1. The van der Waals surface area contributed by atoms with E-state index in [1.54, 1.807) is 6.07 Å². The van der Waals surface area contributed by atoms with Crippen LogP contribution in [0.4, 0.5) is 0 Å². The zero-order chi connectivity index (χ0) is 13.5. The predicted octanol–water partition coefficient (Wildman–Crippen LogP) is 2.68. The molecule has 19 heavy (non-hydrogen) atoms. The number of ketones is 1. The van der Waals surface area contributed by atoms with Gasteiger partial charge in [-0.1, -0.05) is 6.07 Å². The van der Waals surface area contributed by atoms with Crippen LogP contribution in [0.2, 0.25) is 0 Å². The summed E-state index contributed by atoms with van der Waals surface area (Å²) in [6, 6.07) is 3.66. The fraction of sp³-hybridized carbons (Fsp3) is 0.538. The fourth-order valence-corrected chi connectivity index (χ4v) is 5.06. The third-order valence-electron chi connectivity index (χ3n) is 2.79. The van der Waals surface area contributed by atoms with Gasteiger partial charge in [0.2, 0.25) is 5.91 Å². The first kappa shape index (κ1) is 14.9. The molecule has 0 bridgehead atoms. The van der Waals surface area contributed by atoms with Crippen LogP contribution in [0.15, 0.2) is 17.5 Å². The zero-order valence-corrected chi connectivity index (χ0v) is 13.0. The third-order valence-corrected chi connectivity index (χ3v) is 6.54. The van der Waals surface area contributed by atoms with Crippen molar-refractivity contribution in [2.24, 2.45) is 0 Å². The Morgan fingerprint density at radius 2 is 2.21 bits per heavy atom. The molecule has 2 heterocycles. The largest absolute Gasteiger partial charge is 0.355 e. The van der Waals surface area contributed by atoms with E-state index in [2.05, 4.69) is 5.32 Å². The van der Waals surface area contributed by atoms with Crippen molar-refractivity contribution < 1.29 is 9.59 Å². The van der Waals surface area contributed by atoms with E-state index in [1.165, 1.54) is 22.8 Å². The summed E-state index contributed by atoms with van der Waals surface area (Å²) < 4.78 is 0. The van der Waals surface area contributed by atoms with Gasteiger partial charge < -0.3 is 5.32 Å². The van der Waals surface area contributed by atoms with Gasteiger partial charge in [-0.15, -0.1) is 11.3 Å². The van der Waals surface area contributed by atoms with Crippen molar-refractivity contribution in [3.05, 3.63) is 22.4 Å². The standard InChI is InChI=1S/C13H17NO2S3/c15-11(12-2-1-5-19-12)3-4-13(16)14-8-10-9-17-6-7-18-10/h1-2,5,10H,3-4,6-9H2,(H,14,16). The van der Waals surface area contributed by atoms with Crippen LogP contribution in [-0.4, -0.2) is 40.7 Å². The number of hydrogen-bond donors (Lipinski definition) is 1. The Morgan fingerprint density at radius 3 is 2.89 bits per heavy atom. The molecule has 3 nitrogen and oxygen atoms in total. The first-order valence-electron chi connectivity index (χ1n) is 6.28. The highest BCUT2D eigenvalue weighted by atomic mass is 32.2. The molecule has 1 fully saturated rings. The van der Waals surface area contributed by atoms with Gasteiger partial charge in [0, 0.05) is 41.9 Å². The molecule has 1 aliphatic heterocycles. The van der Waals surface area contributed by atoms with Crippen molar-refractivity contribution in [2.75, 3.05) is 23.8 Å². The van der Waals surface area contributed by atoms with E-state index in [4.69, 9.17) is 0 Å². The lowest BCUT2D eigenvalue weighted by Gasteiger charge is -2.21. The minimum absolute atomic E-state index is 0.0129. The second-order valence-corrected chi connectivity index (χ2v) is 7.78. The van der Waals surface area contributed by atoms with Gasteiger partial charge in [-0.2, -0.15) is 23.5 Å². The van der Waals surface area contributed by atoms with Crippen molar-refractivity contribution in [3.8, 4) is 0 Å². The molecule has 1 amide bonds. The number of carbonyl (C=O) groups is 2. The first-order chi connectivity index (χ1) is 9.25. The molecule has 6 heteroatoms. The molecule has 1 N–H and O–H groups in total. The number of thioether (sulfide) groups is 2. The summed E-state index contributed by atoms with van der Waals surface area (Å²) in [5.74, 6) is 3.54. The van der Waals surface area contributed by atoms with E-state index in [0.29, 0.717) is 18.1 Å². The van der Waals surface area contributed by atoms with Crippen molar-refractivity contribution in [3.63, 3.8) is 0 Å². The maximum Gasteiger partial charge on any atom is 0.220 e. The predicted molar refractivity (Wildman–Crippen MR) is 84.5 cm³/mol. The fourth-order valence-electron chi connectivity index (χ4n) is 1.76. The van der Waals surface area contributed by atoms with E-state index in [1.807, 2.05) is 35.0 Å². The number of rotatable bonds is 6. The molecule has 1 unspecified atom stereocenters. The number of carbonyl (C=O) groups excluding carboxylic acids is 2. The van der Waals surface area contributed by atoms with Crippen LogP contribution in [0, 0.1) is 0 Å². The van der Waals surface area contributed by atoms with E-state index in [-0.39, 0.29) is 11.7 Å². The van der Waals surface area contributed by atoms with Crippen LogP contribution in [0.1, 0.15) is 22.5 Å². The molecule has 1 aliphatic rings. The minimum Gasteiger partial charge on any atom is -0.355 e. The summed E-state index contributed by atoms with van der Waals surface area (Å²) >= 11 is 5.30. The van der Waals surface area contributed by atoms with Gasteiger partial charge in [0.05, 0.1) is 4.88 Å². The van der Waals surface area contributed by atoms with Gasteiger partial charge in [-0.25, -0.2) is 0 Å². The van der Waals surface area contributed by atoms with E-state index in [0.717, 1.165) is 17.2 Å². The molecule has 1 aromatic rings. The van der Waals surface area contributed by atoms with Crippen molar-refractivity contribution >= 4 is 46.6 Å². The molecule has 1 saturated heterocycles. The number of amides is 1. The molecule has 0 spiro atoms. The van der Waals surface area contributed by atoms with Gasteiger partial charge in [-0.3, -0.25) is 9.59 Å². The van der Waals surface area contributed by atoms with Crippen LogP contribution >= 0.6 is 34.9 Å². The van der Waals surface area contributed by atoms with E-state index in [9.17, 15) is 9.59 Å². The highest BCUT2D eigenvalue weighted by Crippen LogP contribution is 2.23. The van der Waals surface area contributed by atoms with Crippen LogP contribution in [0.5, 0.6) is 0 Å². The van der Waals surface area contributed by atoms with Gasteiger partial charge in [0.15, 0.2) is 5.78 Å². The minimum atomic E-state index is -0.0129. The molecule has 104 valence electrons. The lowest BCUT2D eigenvalue weighted by molar-refractivity contribution is -0.121. The Morgan fingerprint density at radius 1 is 1.32 bits per heavy atom. The van der Waals surface area contributed by atoms with Crippen LogP contribution in [-0.2, 0) is 4.79 Å². The number of thiophene rings is 1. The first-order valence-corrected chi connectivity index (χ1v) is 9.37. The third kappa shape index (κ3) is 5.20. The molecule has 0 saturated carbocycles. The Bertz CT molecular complexity index is 414. The molecular weight excluding hydrogens is 298 g/mol. The summed E-state index contributed by atoms with van der Waals surface area (Å²) in [6.07, 6.45) is 0.597. The summed E-state index contributed by atoms with van der Waals surface area (Å²) in [4.78, 5) is 24.2. The lowest BCUT2D eigenvalue weighted by atomic mass is 10.2. The topological polar surface area (TPSA) is 46.2 Å². The Balaban J connectivity index is 1.63. The zero-order valence-electron chi connectivity index (χ0n) is 10.6. The average molecular weight is 315 g/mol. The average Bonchev–Trinajstić information content (AvgIpc) is 2.98. The van der Waals surface area contributed by atoms with Crippen molar-refractivity contribution in [1.29, 1.82) is 0 Å². The highest BCUT2D eigenvalue weighted by Gasteiger charge is 2.15. The second-order valence-electron chi connectivity index (χ2n) is 4.27. The number of nitrogens with one attached hydrogen (secondary N) is 1. The van der Waals surface area contributed by atoms with E-state index < -0.39 is 0 Å². The Labute approximate surface area is 125 Å². The summed E-state index contributed by atoms with van der Waals surface area (Å²) in [5.41, 5.74) is 0. The highest BCUT2D eigenvalue weighted by molar-refractivity contribution is 8.06. The molecule has 2 rings (SSSR count). The molecule has 0 radical (unpaired) electrons. The molecular formula is C13H17NO2S3. The summed E-state index contributed by atoms with van der Waals surface area (Å²) in [5, 5.41) is 5.34. The molecule has 1 atom stereocenters. The second kappa shape index (κ2) is 7.97. The van der Waals surface area contributed by atoms with Crippen molar-refractivity contribution in [1.82, 2.24) is 5.32 Å². The summed E-state index contributed by atoms with van der Waals surface area (Å²) in [6.45, 7) is 0.726. The normalized spacial score (nSPS) is 19.1. The number of Topliss-reactive ketones (excluding diaryl/α,β-unsaturated/α-hetero) is 1. The quantitative estimate of drug-likeness (QED) is 0.820. The lowest BCUT2D eigenvalue weighted by Crippen LogP contribution is -2.33. The van der Waals surface area contributed by atoms with Crippen LogP contribution in [0.25, 0.3) is 0 Å². The Hall–Kier alpha value is -0.460. The van der Waals surface area contributed by atoms with Crippen molar-refractivity contribution in [2.45, 2.75) is 18.1 Å². The maximum absolute atomic E-state index is 11.7. The maximum atomic E-state index is 11.7. The monoisotopic (exact) mass is 315 g/mol. The van der Waals surface area contributed by atoms with Gasteiger partial charge in [-0.05, 0) is 11.4 Å². The van der Waals surface area contributed by atoms with Crippen LogP contribution < -0.4 is 5.32 Å². The Kier molecular flexibility index (Phi) is 6.26. The van der Waals surface area contributed by atoms with Crippen LogP contribution in [0.3, 0.4) is 0 Å². The molecule has 1 aromatic heterocycles. The van der Waals surface area contributed by atoms with E-state index >= 15 is 0 Å². The number of hydrogen-bond acceptors (Lipinski definition) is 5. The smallest absolute Gasteiger partial charge is 0.220 e. The molecule has 0 aliphatic carbocycles. The molecule has 0 aromatic carbocycles. The van der Waals surface area contributed by atoms with Gasteiger partial charge in [0.1, 0.15) is 0 Å². The summed E-state index contributed by atoms with van der Waals surface area (Å²) in [7, 11) is 0. The van der Waals surface area contributed by atoms with Gasteiger partial charge >= 0.3 is 0 Å². The van der Waals surface area contributed by atoms with Gasteiger partial charge in [0.25, 0.3) is 0 Å².